The van der Waals surface area contributed by atoms with Crippen LogP contribution in [-0.4, -0.2) is 13.6 Å². The van der Waals surface area contributed by atoms with Gasteiger partial charge in [-0.3, -0.25) is 0 Å². The van der Waals surface area contributed by atoms with Crippen molar-refractivity contribution in [1.29, 1.82) is 0 Å². The summed E-state index contributed by atoms with van der Waals surface area (Å²) >= 11 is 6.65. The van der Waals surface area contributed by atoms with E-state index in [2.05, 4.69) is 67.8 Å². The summed E-state index contributed by atoms with van der Waals surface area (Å²) in [7, 11) is -2.18. The molecule has 0 amide bonds. The second-order valence-electron chi connectivity index (χ2n) is 1.42. The van der Waals surface area contributed by atoms with Crippen molar-refractivity contribution in [2.45, 2.75) is 5.86 Å². The van der Waals surface area contributed by atoms with Crippen LogP contribution in [0.2, 0.25) is 0 Å². The standard InChI is InChI=1S/C3H5I3O2S/c4-3(5,6)1-2-9(7)8/h9H,1-2H2. The second kappa shape index (κ2) is 4.91. The maximum atomic E-state index is 10.1. The average molecular weight is 486 g/mol. The average Bonchev–Trinajstić information content (AvgIpc) is 1.59. The van der Waals surface area contributed by atoms with E-state index in [9.17, 15) is 8.42 Å². The van der Waals surface area contributed by atoms with E-state index >= 15 is 0 Å². The summed E-state index contributed by atoms with van der Waals surface area (Å²) in [4.78, 5) is 0. The Balaban J connectivity index is 3.52. The third-order valence-corrected chi connectivity index (χ3v) is 2.78. The SMILES string of the molecule is O=[SH](=O)CCC(I)(I)I. The van der Waals surface area contributed by atoms with Gasteiger partial charge in [0.15, 0.2) is 0 Å². The Bertz CT molecular complexity index is 140. The molecule has 0 rings (SSSR count). The van der Waals surface area contributed by atoms with Gasteiger partial charge in [0.25, 0.3) is 0 Å². The van der Waals surface area contributed by atoms with Gasteiger partial charge in [0.1, 0.15) is 10.1 Å². The van der Waals surface area contributed by atoms with E-state index < -0.39 is 10.7 Å². The Hall–Kier alpha value is 2.14. The fraction of sp³-hybridized carbons (Fsp3) is 1.00. The summed E-state index contributed by atoms with van der Waals surface area (Å²) in [5.74, 6) is 0.296. The summed E-state index contributed by atoms with van der Waals surface area (Å²) in [6, 6.07) is 0. The molecular formula is C3H5I3O2S. The lowest BCUT2D eigenvalue weighted by Crippen LogP contribution is -2.02. The smallest absolute Gasteiger partial charge is 0.140 e. The van der Waals surface area contributed by atoms with E-state index in [1.807, 2.05) is 0 Å². The predicted molar refractivity (Wildman–Crippen MR) is 64.6 cm³/mol. The predicted octanol–water partition coefficient (Wildman–Crippen LogP) is 1.95. The number of rotatable bonds is 3. The molecule has 2 nitrogen and oxygen atoms in total. The van der Waals surface area contributed by atoms with E-state index in [1.54, 1.807) is 0 Å². The molecule has 0 saturated carbocycles. The third kappa shape index (κ3) is 10.1. The molecule has 0 fully saturated rings. The van der Waals surface area contributed by atoms with E-state index in [0.717, 1.165) is 0 Å². The van der Waals surface area contributed by atoms with Gasteiger partial charge in [-0.05, 0) is 6.42 Å². The first kappa shape index (κ1) is 11.1. The number of alkyl halides is 3. The van der Waals surface area contributed by atoms with Gasteiger partial charge in [0, 0.05) is 0 Å². The minimum absolute atomic E-state index is 0.0582. The van der Waals surface area contributed by atoms with E-state index in [0.29, 0.717) is 12.2 Å². The summed E-state index contributed by atoms with van der Waals surface area (Å²) < 4.78 is 20.2. The zero-order valence-electron chi connectivity index (χ0n) is 4.31. The normalized spacial score (nSPS) is 12.4. The van der Waals surface area contributed by atoms with Crippen molar-refractivity contribution in [2.75, 3.05) is 5.75 Å². The van der Waals surface area contributed by atoms with Crippen LogP contribution >= 0.6 is 67.8 Å². The molecule has 0 heterocycles. The zero-order valence-corrected chi connectivity index (χ0v) is 11.7. The molecule has 0 aliphatic carbocycles. The number of thiol groups is 1. The van der Waals surface area contributed by atoms with Gasteiger partial charge in [-0.15, -0.1) is 0 Å². The number of hydrogen-bond acceptors (Lipinski definition) is 2. The van der Waals surface area contributed by atoms with Gasteiger partial charge >= 0.3 is 0 Å². The molecule has 0 aliphatic heterocycles. The van der Waals surface area contributed by atoms with Gasteiger partial charge in [0.2, 0.25) is 0 Å². The van der Waals surface area contributed by atoms with Crippen LogP contribution in [0.25, 0.3) is 0 Å². The van der Waals surface area contributed by atoms with Crippen LogP contribution in [0.4, 0.5) is 0 Å². The Morgan fingerprint density at radius 2 is 1.67 bits per heavy atom. The van der Waals surface area contributed by atoms with E-state index in [4.69, 9.17) is 0 Å². The fourth-order valence-corrected chi connectivity index (χ4v) is 2.83. The topological polar surface area (TPSA) is 34.1 Å². The van der Waals surface area contributed by atoms with Crippen molar-refractivity contribution in [3.63, 3.8) is 0 Å². The minimum atomic E-state index is -2.18. The summed E-state index contributed by atoms with van der Waals surface area (Å²) in [6.07, 6.45) is 0.716. The molecule has 6 heteroatoms. The highest BCUT2D eigenvalue weighted by molar-refractivity contribution is 14.3. The lowest BCUT2D eigenvalue weighted by molar-refractivity contribution is 0.613. The molecule has 0 aromatic rings. The maximum Gasteiger partial charge on any atom is 0.140 e. The lowest BCUT2D eigenvalue weighted by atomic mass is 10.6. The molecule has 0 saturated heterocycles. The Kier molecular flexibility index (Phi) is 6.07. The van der Waals surface area contributed by atoms with Gasteiger partial charge in [-0.2, -0.15) is 0 Å². The highest BCUT2D eigenvalue weighted by Crippen LogP contribution is 2.38. The Morgan fingerprint density at radius 3 is 1.78 bits per heavy atom. The van der Waals surface area contributed by atoms with Crippen LogP contribution < -0.4 is 0 Å². The van der Waals surface area contributed by atoms with Crippen LogP contribution in [0.5, 0.6) is 0 Å². The number of halogens is 3. The first-order valence-electron chi connectivity index (χ1n) is 2.10. The van der Waals surface area contributed by atoms with E-state index in [1.165, 1.54) is 0 Å². The molecule has 0 aromatic heterocycles. The summed E-state index contributed by atoms with van der Waals surface area (Å²) in [5, 5.41) is 0. The zero-order chi connectivity index (χ0) is 7.49. The fourth-order valence-electron chi connectivity index (χ4n) is 0.218. The van der Waals surface area contributed by atoms with Crippen LogP contribution in [0, 0.1) is 0 Å². The lowest BCUT2D eigenvalue weighted by Gasteiger charge is -2.07. The van der Waals surface area contributed by atoms with Crippen molar-refractivity contribution >= 4 is 78.5 Å². The number of hydrogen-bond donors (Lipinski definition) is 1. The van der Waals surface area contributed by atoms with Crippen LogP contribution in [0.1, 0.15) is 6.42 Å². The first-order valence-corrected chi connectivity index (χ1v) is 6.70. The van der Waals surface area contributed by atoms with Crippen LogP contribution in [0.3, 0.4) is 0 Å². The molecule has 9 heavy (non-hydrogen) atoms. The molecule has 0 N–H and O–H groups in total. The molecule has 0 atom stereocenters. The van der Waals surface area contributed by atoms with Crippen molar-refractivity contribution in [3.8, 4) is 0 Å². The molecule has 56 valence electrons. The quantitative estimate of drug-likeness (QED) is 0.377. The molecule has 0 unspecified atom stereocenters. The van der Waals surface area contributed by atoms with E-state index in [-0.39, 0.29) is -0.565 Å². The minimum Gasteiger partial charge on any atom is -0.232 e. The maximum absolute atomic E-state index is 10.1. The van der Waals surface area contributed by atoms with Crippen molar-refractivity contribution in [1.82, 2.24) is 0 Å². The van der Waals surface area contributed by atoms with Gasteiger partial charge in [0.05, 0.1) is 5.75 Å². The largest absolute Gasteiger partial charge is 0.232 e. The van der Waals surface area contributed by atoms with Crippen LogP contribution in [-0.2, 0) is 10.7 Å². The summed E-state index contributed by atoms with van der Waals surface area (Å²) in [5.41, 5.74) is 0. The van der Waals surface area contributed by atoms with Gasteiger partial charge in [-0.25, -0.2) is 8.42 Å². The van der Waals surface area contributed by atoms with Crippen molar-refractivity contribution < 1.29 is 8.42 Å². The highest BCUT2D eigenvalue weighted by Gasteiger charge is 2.16. The molecule has 0 radical (unpaired) electrons. The highest BCUT2D eigenvalue weighted by atomic mass is 127. The van der Waals surface area contributed by atoms with Crippen molar-refractivity contribution in [3.05, 3.63) is 0 Å². The first-order chi connectivity index (χ1) is 3.92. The van der Waals surface area contributed by atoms with Crippen LogP contribution in [0.15, 0.2) is 0 Å². The molecule has 0 spiro atoms. The van der Waals surface area contributed by atoms with Gasteiger partial charge < -0.3 is 0 Å². The Labute approximate surface area is 96.9 Å². The molecule has 0 aliphatic rings. The second-order valence-corrected chi connectivity index (χ2v) is 14.3. The molecule has 0 bridgehead atoms. The third-order valence-electron chi connectivity index (χ3n) is 0.578. The molecule has 0 aromatic carbocycles. The van der Waals surface area contributed by atoms with Gasteiger partial charge in [-0.1, -0.05) is 67.8 Å². The Morgan fingerprint density at radius 1 is 1.22 bits per heavy atom. The van der Waals surface area contributed by atoms with Crippen molar-refractivity contribution in [2.24, 2.45) is 0 Å². The summed E-state index contributed by atoms with van der Waals surface area (Å²) in [6.45, 7) is 0. The monoisotopic (exact) mass is 486 g/mol. The molecular weight excluding hydrogens is 481 g/mol.